The van der Waals surface area contributed by atoms with Crippen LogP contribution in [0.15, 0.2) is 29.2 Å². The lowest BCUT2D eigenvalue weighted by atomic mass is 10.3. The standard InChI is InChI=1S/C12H16N2O2S/c1-4-10(5-2)14-17(15,16)12-8-6-11(13-3)7-9-12/h1,6-10,13-14H,5H2,2-3H3. The summed E-state index contributed by atoms with van der Waals surface area (Å²) in [6.07, 6.45) is 5.79. The van der Waals surface area contributed by atoms with E-state index >= 15 is 0 Å². The first kappa shape index (κ1) is 13.6. The van der Waals surface area contributed by atoms with Crippen LogP contribution >= 0.6 is 0 Å². The first-order chi connectivity index (χ1) is 8.03. The summed E-state index contributed by atoms with van der Waals surface area (Å²) in [7, 11) is -1.76. The van der Waals surface area contributed by atoms with Crippen molar-refractivity contribution >= 4 is 15.7 Å². The third-order valence-corrected chi connectivity index (χ3v) is 3.85. The van der Waals surface area contributed by atoms with E-state index in [-0.39, 0.29) is 4.90 Å². The van der Waals surface area contributed by atoms with E-state index in [1.165, 1.54) is 12.1 Å². The number of terminal acetylenes is 1. The fourth-order valence-electron chi connectivity index (χ4n) is 1.29. The SMILES string of the molecule is C#CC(CC)NS(=O)(=O)c1ccc(NC)cc1. The fraction of sp³-hybridized carbons (Fsp3) is 0.333. The van der Waals surface area contributed by atoms with Crippen LogP contribution in [0.4, 0.5) is 5.69 Å². The summed E-state index contributed by atoms with van der Waals surface area (Å²) < 4.78 is 26.3. The van der Waals surface area contributed by atoms with Crippen LogP contribution in [0, 0.1) is 12.3 Å². The Kier molecular flexibility index (Phi) is 4.55. The first-order valence-electron chi connectivity index (χ1n) is 5.29. The van der Waals surface area contributed by atoms with Gasteiger partial charge in [-0.2, -0.15) is 4.72 Å². The minimum Gasteiger partial charge on any atom is -0.388 e. The van der Waals surface area contributed by atoms with Gasteiger partial charge in [0.25, 0.3) is 0 Å². The van der Waals surface area contributed by atoms with Crippen LogP contribution < -0.4 is 10.0 Å². The van der Waals surface area contributed by atoms with E-state index in [1.54, 1.807) is 19.2 Å². The summed E-state index contributed by atoms with van der Waals surface area (Å²) >= 11 is 0. The largest absolute Gasteiger partial charge is 0.388 e. The van der Waals surface area contributed by atoms with Crippen LogP contribution in [0.2, 0.25) is 0 Å². The topological polar surface area (TPSA) is 58.2 Å². The van der Waals surface area contributed by atoms with E-state index in [1.807, 2.05) is 6.92 Å². The second kappa shape index (κ2) is 5.71. The molecular formula is C12H16N2O2S. The molecule has 0 saturated heterocycles. The number of nitrogens with one attached hydrogen (secondary N) is 2. The molecule has 0 aliphatic rings. The molecule has 0 radical (unpaired) electrons. The Morgan fingerprint density at radius 3 is 2.35 bits per heavy atom. The van der Waals surface area contributed by atoms with Crippen molar-refractivity contribution < 1.29 is 8.42 Å². The minimum atomic E-state index is -3.53. The number of hydrogen-bond donors (Lipinski definition) is 2. The molecule has 0 aromatic heterocycles. The third kappa shape index (κ3) is 3.48. The zero-order valence-electron chi connectivity index (χ0n) is 9.90. The maximum absolute atomic E-state index is 11.9. The summed E-state index contributed by atoms with van der Waals surface area (Å²) in [5.74, 6) is 2.40. The molecule has 0 bridgehead atoms. The Hall–Kier alpha value is -1.51. The van der Waals surface area contributed by atoms with Gasteiger partial charge < -0.3 is 5.32 Å². The molecular weight excluding hydrogens is 236 g/mol. The molecule has 92 valence electrons. The van der Waals surface area contributed by atoms with Gasteiger partial charge in [0.1, 0.15) is 0 Å². The number of benzene rings is 1. The predicted molar refractivity (Wildman–Crippen MR) is 69.2 cm³/mol. The average Bonchev–Trinajstić information content (AvgIpc) is 2.36. The second-order valence-corrected chi connectivity index (χ2v) is 5.24. The van der Waals surface area contributed by atoms with Crippen molar-refractivity contribution in [2.75, 3.05) is 12.4 Å². The Morgan fingerprint density at radius 1 is 1.35 bits per heavy atom. The van der Waals surface area contributed by atoms with Crippen molar-refractivity contribution in [1.29, 1.82) is 0 Å². The van der Waals surface area contributed by atoms with Crippen LogP contribution in [0.3, 0.4) is 0 Å². The predicted octanol–water partition coefficient (Wildman–Crippen LogP) is 1.42. The van der Waals surface area contributed by atoms with Gasteiger partial charge in [-0.15, -0.1) is 6.42 Å². The van der Waals surface area contributed by atoms with E-state index in [2.05, 4.69) is 16.0 Å². The molecule has 17 heavy (non-hydrogen) atoms. The molecule has 0 heterocycles. The summed E-state index contributed by atoms with van der Waals surface area (Å²) in [5, 5.41) is 2.92. The van der Waals surface area contributed by atoms with Crippen molar-refractivity contribution in [3.8, 4) is 12.3 Å². The monoisotopic (exact) mass is 252 g/mol. The lowest BCUT2D eigenvalue weighted by Crippen LogP contribution is -2.33. The van der Waals surface area contributed by atoms with Gasteiger partial charge in [0.15, 0.2) is 0 Å². The summed E-state index contributed by atoms with van der Waals surface area (Å²) in [5.41, 5.74) is 0.855. The zero-order valence-corrected chi connectivity index (χ0v) is 10.7. The van der Waals surface area contributed by atoms with Crippen LogP contribution in [-0.2, 0) is 10.0 Å². The molecule has 0 saturated carbocycles. The average molecular weight is 252 g/mol. The smallest absolute Gasteiger partial charge is 0.241 e. The highest BCUT2D eigenvalue weighted by atomic mass is 32.2. The van der Waals surface area contributed by atoms with Crippen LogP contribution in [0.1, 0.15) is 13.3 Å². The third-order valence-electron chi connectivity index (χ3n) is 2.36. The van der Waals surface area contributed by atoms with Gasteiger partial charge in [0.05, 0.1) is 10.9 Å². The van der Waals surface area contributed by atoms with Crippen molar-refractivity contribution in [2.24, 2.45) is 0 Å². The van der Waals surface area contributed by atoms with Gasteiger partial charge in [-0.25, -0.2) is 8.42 Å². The van der Waals surface area contributed by atoms with Crippen LogP contribution in [0.5, 0.6) is 0 Å². The highest BCUT2D eigenvalue weighted by molar-refractivity contribution is 7.89. The van der Waals surface area contributed by atoms with Gasteiger partial charge in [0.2, 0.25) is 10.0 Å². The van der Waals surface area contributed by atoms with Crippen LogP contribution in [-0.4, -0.2) is 21.5 Å². The van der Waals surface area contributed by atoms with Gasteiger partial charge in [0, 0.05) is 12.7 Å². The molecule has 1 unspecified atom stereocenters. The quantitative estimate of drug-likeness (QED) is 0.779. The van der Waals surface area contributed by atoms with Crippen molar-refractivity contribution in [3.05, 3.63) is 24.3 Å². The molecule has 4 nitrogen and oxygen atoms in total. The van der Waals surface area contributed by atoms with E-state index in [9.17, 15) is 8.42 Å². The van der Waals surface area contributed by atoms with Crippen molar-refractivity contribution in [1.82, 2.24) is 4.72 Å². The van der Waals surface area contributed by atoms with Crippen molar-refractivity contribution in [2.45, 2.75) is 24.3 Å². The number of rotatable bonds is 5. The van der Waals surface area contributed by atoms with E-state index < -0.39 is 16.1 Å². The molecule has 0 aliphatic heterocycles. The van der Waals surface area contributed by atoms with Crippen LogP contribution in [0.25, 0.3) is 0 Å². The van der Waals surface area contributed by atoms with Gasteiger partial charge in [-0.05, 0) is 30.7 Å². The van der Waals surface area contributed by atoms with E-state index in [4.69, 9.17) is 6.42 Å². The van der Waals surface area contributed by atoms with Gasteiger partial charge in [-0.1, -0.05) is 12.8 Å². The molecule has 1 aromatic rings. The minimum absolute atomic E-state index is 0.213. The Balaban J connectivity index is 2.93. The van der Waals surface area contributed by atoms with E-state index in [0.29, 0.717) is 6.42 Å². The summed E-state index contributed by atoms with van der Waals surface area (Å²) in [4.78, 5) is 0.213. The molecule has 0 aliphatic carbocycles. The highest BCUT2D eigenvalue weighted by Gasteiger charge is 2.17. The maximum Gasteiger partial charge on any atom is 0.241 e. The number of hydrogen-bond acceptors (Lipinski definition) is 3. The molecule has 0 spiro atoms. The first-order valence-corrected chi connectivity index (χ1v) is 6.78. The Morgan fingerprint density at radius 2 is 1.94 bits per heavy atom. The fourth-order valence-corrected chi connectivity index (χ4v) is 2.53. The molecule has 0 amide bonds. The molecule has 2 N–H and O–H groups in total. The second-order valence-electron chi connectivity index (χ2n) is 3.52. The molecule has 0 fully saturated rings. The zero-order chi connectivity index (χ0) is 12.9. The van der Waals surface area contributed by atoms with E-state index in [0.717, 1.165) is 5.69 Å². The Bertz CT molecular complexity index is 500. The normalized spacial score (nSPS) is 12.8. The summed E-state index contributed by atoms with van der Waals surface area (Å²) in [6.45, 7) is 1.83. The molecule has 1 rings (SSSR count). The van der Waals surface area contributed by atoms with Gasteiger partial charge in [-0.3, -0.25) is 0 Å². The molecule has 1 atom stereocenters. The molecule has 1 aromatic carbocycles. The molecule has 5 heteroatoms. The van der Waals surface area contributed by atoms with Crippen molar-refractivity contribution in [3.63, 3.8) is 0 Å². The Labute approximate surface area is 102 Å². The number of sulfonamides is 1. The van der Waals surface area contributed by atoms with Gasteiger partial charge >= 0.3 is 0 Å². The lowest BCUT2D eigenvalue weighted by molar-refractivity contribution is 0.570. The maximum atomic E-state index is 11.9. The summed E-state index contributed by atoms with van der Waals surface area (Å²) in [6, 6.07) is 6.01. The highest BCUT2D eigenvalue weighted by Crippen LogP contribution is 2.13. The lowest BCUT2D eigenvalue weighted by Gasteiger charge is -2.11. The number of anilines is 1.